The second-order valence-electron chi connectivity index (χ2n) is 2.95. The molecule has 0 fully saturated rings. The van der Waals surface area contributed by atoms with E-state index in [1.165, 1.54) is 10.9 Å². The van der Waals surface area contributed by atoms with Gasteiger partial charge >= 0.3 is 5.97 Å². The SMILES string of the molecule is O=C(O)Cc1cnn(-c2cccnn2)c1. The van der Waals surface area contributed by atoms with Gasteiger partial charge < -0.3 is 5.11 Å². The first kappa shape index (κ1) is 9.32. The van der Waals surface area contributed by atoms with Crippen molar-refractivity contribution in [2.45, 2.75) is 6.42 Å². The number of hydrogen-bond acceptors (Lipinski definition) is 4. The minimum atomic E-state index is -0.881. The number of nitrogens with zero attached hydrogens (tertiary/aromatic N) is 4. The smallest absolute Gasteiger partial charge is 0.307 e. The van der Waals surface area contributed by atoms with Gasteiger partial charge in [-0.1, -0.05) is 0 Å². The van der Waals surface area contributed by atoms with Gasteiger partial charge in [0, 0.05) is 18.0 Å². The second kappa shape index (κ2) is 3.87. The van der Waals surface area contributed by atoms with E-state index in [2.05, 4.69) is 15.3 Å². The van der Waals surface area contributed by atoms with Crippen LogP contribution in [0.4, 0.5) is 0 Å². The first-order valence-corrected chi connectivity index (χ1v) is 4.29. The van der Waals surface area contributed by atoms with Crippen molar-refractivity contribution in [3.05, 3.63) is 36.3 Å². The average Bonchev–Trinajstić information content (AvgIpc) is 2.67. The first-order valence-electron chi connectivity index (χ1n) is 4.29. The van der Waals surface area contributed by atoms with Crippen LogP contribution in [0.5, 0.6) is 0 Å². The third-order valence-electron chi connectivity index (χ3n) is 1.78. The van der Waals surface area contributed by atoms with Gasteiger partial charge in [0.2, 0.25) is 0 Å². The summed E-state index contributed by atoms with van der Waals surface area (Å²) in [5.74, 6) is -0.317. The van der Waals surface area contributed by atoms with Crippen molar-refractivity contribution in [2.24, 2.45) is 0 Å². The number of carboxylic acids is 1. The lowest BCUT2D eigenvalue weighted by atomic mass is 10.3. The molecule has 0 bridgehead atoms. The molecule has 76 valence electrons. The van der Waals surface area contributed by atoms with Gasteiger partial charge in [-0.2, -0.15) is 10.2 Å². The molecule has 0 saturated carbocycles. The maximum Gasteiger partial charge on any atom is 0.307 e. The van der Waals surface area contributed by atoms with Crippen molar-refractivity contribution in [3.63, 3.8) is 0 Å². The van der Waals surface area contributed by atoms with E-state index in [4.69, 9.17) is 5.11 Å². The number of aromatic nitrogens is 4. The second-order valence-corrected chi connectivity index (χ2v) is 2.95. The molecular weight excluding hydrogens is 196 g/mol. The zero-order valence-corrected chi connectivity index (χ0v) is 7.74. The molecule has 0 saturated heterocycles. The molecule has 0 aliphatic heterocycles. The van der Waals surface area contributed by atoms with Crippen LogP contribution in [0.2, 0.25) is 0 Å². The molecule has 6 heteroatoms. The summed E-state index contributed by atoms with van der Waals surface area (Å²) < 4.78 is 1.49. The summed E-state index contributed by atoms with van der Waals surface area (Å²) >= 11 is 0. The Labute approximate surface area is 85.2 Å². The first-order chi connectivity index (χ1) is 7.25. The molecule has 0 aromatic carbocycles. The number of carboxylic acid groups (broad SMARTS) is 1. The maximum atomic E-state index is 10.4. The summed E-state index contributed by atoms with van der Waals surface area (Å²) in [4.78, 5) is 10.4. The van der Waals surface area contributed by atoms with E-state index in [0.29, 0.717) is 11.4 Å². The zero-order valence-electron chi connectivity index (χ0n) is 7.74. The van der Waals surface area contributed by atoms with Crippen LogP contribution in [0, 0.1) is 0 Å². The minimum absolute atomic E-state index is 0.0414. The van der Waals surface area contributed by atoms with Gasteiger partial charge in [-0.3, -0.25) is 4.79 Å². The molecule has 6 nitrogen and oxygen atoms in total. The summed E-state index contributed by atoms with van der Waals surface area (Å²) in [6.07, 6.45) is 4.65. The lowest BCUT2D eigenvalue weighted by molar-refractivity contribution is -0.136. The molecule has 0 aliphatic carbocycles. The van der Waals surface area contributed by atoms with Gasteiger partial charge in [-0.05, 0) is 12.1 Å². The molecule has 1 N–H and O–H groups in total. The van der Waals surface area contributed by atoms with Crippen LogP contribution < -0.4 is 0 Å². The van der Waals surface area contributed by atoms with Crippen molar-refractivity contribution in [1.82, 2.24) is 20.0 Å². The number of aliphatic carboxylic acids is 1. The Balaban J connectivity index is 2.24. The van der Waals surface area contributed by atoms with Crippen LogP contribution in [-0.4, -0.2) is 31.1 Å². The monoisotopic (exact) mass is 204 g/mol. The lowest BCUT2D eigenvalue weighted by Gasteiger charge is -1.96. The molecular formula is C9H8N4O2. The van der Waals surface area contributed by atoms with E-state index >= 15 is 0 Å². The molecule has 0 amide bonds. The number of rotatable bonds is 3. The lowest BCUT2D eigenvalue weighted by Crippen LogP contribution is -2.00. The molecule has 0 radical (unpaired) electrons. The van der Waals surface area contributed by atoms with Gasteiger partial charge in [0.25, 0.3) is 0 Å². The Morgan fingerprint density at radius 3 is 3.07 bits per heavy atom. The molecule has 0 atom stereocenters. The molecule has 2 heterocycles. The third kappa shape index (κ3) is 2.16. The summed E-state index contributed by atoms with van der Waals surface area (Å²) in [7, 11) is 0. The van der Waals surface area contributed by atoms with E-state index in [9.17, 15) is 4.79 Å². The van der Waals surface area contributed by atoms with Gasteiger partial charge in [-0.15, -0.1) is 5.10 Å². The van der Waals surface area contributed by atoms with Crippen molar-refractivity contribution >= 4 is 5.97 Å². The predicted octanol–water partition coefficient (Wildman–Crippen LogP) is 0.289. The van der Waals surface area contributed by atoms with Crippen LogP contribution >= 0.6 is 0 Å². The van der Waals surface area contributed by atoms with Crippen LogP contribution in [0.1, 0.15) is 5.56 Å². The van der Waals surface area contributed by atoms with E-state index in [1.807, 2.05) is 0 Å². The van der Waals surface area contributed by atoms with Gasteiger partial charge in [0.05, 0.1) is 12.6 Å². The topological polar surface area (TPSA) is 80.9 Å². The molecule has 0 spiro atoms. The van der Waals surface area contributed by atoms with Crippen molar-refractivity contribution in [2.75, 3.05) is 0 Å². The van der Waals surface area contributed by atoms with E-state index in [0.717, 1.165) is 0 Å². The van der Waals surface area contributed by atoms with Crippen molar-refractivity contribution < 1.29 is 9.90 Å². The van der Waals surface area contributed by atoms with Crippen molar-refractivity contribution in [1.29, 1.82) is 0 Å². The minimum Gasteiger partial charge on any atom is -0.481 e. The van der Waals surface area contributed by atoms with Gasteiger partial charge in [0.15, 0.2) is 5.82 Å². The Morgan fingerprint density at radius 1 is 1.53 bits per heavy atom. The van der Waals surface area contributed by atoms with Crippen molar-refractivity contribution in [3.8, 4) is 5.82 Å². The van der Waals surface area contributed by atoms with Crippen LogP contribution in [0.15, 0.2) is 30.7 Å². The standard InChI is InChI=1S/C9H8N4O2/c14-9(15)4-7-5-11-13(6-7)8-2-1-3-10-12-8/h1-3,5-6H,4H2,(H,14,15). The number of carbonyl (C=O) groups is 1. The van der Waals surface area contributed by atoms with Crippen LogP contribution in [0.3, 0.4) is 0 Å². The summed E-state index contributed by atoms with van der Waals surface area (Å²) in [5, 5.41) is 20.1. The highest BCUT2D eigenvalue weighted by Gasteiger charge is 2.05. The van der Waals surface area contributed by atoms with Gasteiger partial charge in [-0.25, -0.2) is 4.68 Å². The Morgan fingerprint density at radius 2 is 2.40 bits per heavy atom. The van der Waals surface area contributed by atoms with E-state index < -0.39 is 5.97 Å². The van der Waals surface area contributed by atoms with Crippen LogP contribution in [-0.2, 0) is 11.2 Å². The molecule has 15 heavy (non-hydrogen) atoms. The predicted molar refractivity (Wildman–Crippen MR) is 50.5 cm³/mol. The molecule has 2 aromatic rings. The molecule has 2 rings (SSSR count). The fourth-order valence-electron chi connectivity index (χ4n) is 1.17. The fourth-order valence-corrected chi connectivity index (χ4v) is 1.17. The van der Waals surface area contributed by atoms with E-state index in [1.54, 1.807) is 24.5 Å². The maximum absolute atomic E-state index is 10.4. The average molecular weight is 204 g/mol. The largest absolute Gasteiger partial charge is 0.481 e. The van der Waals surface area contributed by atoms with Gasteiger partial charge in [0.1, 0.15) is 0 Å². The summed E-state index contributed by atoms with van der Waals surface area (Å²) in [5.41, 5.74) is 0.633. The van der Waals surface area contributed by atoms with Crippen LogP contribution in [0.25, 0.3) is 5.82 Å². The Kier molecular flexibility index (Phi) is 2.40. The Bertz CT molecular complexity index is 466. The highest BCUT2D eigenvalue weighted by Crippen LogP contribution is 2.04. The zero-order chi connectivity index (χ0) is 10.7. The third-order valence-corrected chi connectivity index (χ3v) is 1.78. The normalized spacial score (nSPS) is 10.1. The Hall–Kier alpha value is -2.24. The fraction of sp³-hybridized carbons (Fsp3) is 0.111. The summed E-state index contributed by atoms with van der Waals surface area (Å²) in [6, 6.07) is 3.48. The van der Waals surface area contributed by atoms with E-state index in [-0.39, 0.29) is 6.42 Å². The summed E-state index contributed by atoms with van der Waals surface area (Å²) in [6.45, 7) is 0. The highest BCUT2D eigenvalue weighted by atomic mass is 16.4. The quantitative estimate of drug-likeness (QED) is 0.777. The molecule has 0 unspecified atom stereocenters. The molecule has 0 aliphatic rings. The molecule has 2 aromatic heterocycles. The highest BCUT2D eigenvalue weighted by molar-refractivity contribution is 5.69. The number of hydrogen-bond donors (Lipinski definition) is 1.